The van der Waals surface area contributed by atoms with E-state index in [9.17, 15) is 9.59 Å². The van der Waals surface area contributed by atoms with E-state index in [2.05, 4.69) is 10.3 Å². The maximum atomic E-state index is 11.7. The molecule has 1 saturated heterocycles. The van der Waals surface area contributed by atoms with E-state index < -0.39 is 5.97 Å². The number of hydrogen-bond donors (Lipinski definition) is 3. The van der Waals surface area contributed by atoms with Crippen LogP contribution in [-0.2, 0) is 16.0 Å². The van der Waals surface area contributed by atoms with Crippen molar-refractivity contribution in [2.45, 2.75) is 12.5 Å². The molecule has 0 spiro atoms. The van der Waals surface area contributed by atoms with Crippen molar-refractivity contribution in [3.8, 4) is 0 Å². The zero-order chi connectivity index (χ0) is 14.8. The second kappa shape index (κ2) is 5.57. The van der Waals surface area contributed by atoms with Gasteiger partial charge >= 0.3 is 5.97 Å². The minimum Gasteiger partial charge on any atom is -0.480 e. The molecule has 2 aromatic rings. The summed E-state index contributed by atoms with van der Waals surface area (Å²) in [6.07, 6.45) is 2.64. The van der Waals surface area contributed by atoms with Crippen LogP contribution < -0.4 is 5.32 Å². The lowest BCUT2D eigenvalue weighted by Gasteiger charge is -2.31. The zero-order valence-electron chi connectivity index (χ0n) is 11.5. The molecule has 1 aromatic carbocycles. The molecular weight excluding hydrogens is 270 g/mol. The summed E-state index contributed by atoms with van der Waals surface area (Å²) in [5, 5.41) is 12.9. The number of amides is 1. The molecule has 2 heterocycles. The Hall–Kier alpha value is -2.34. The lowest BCUT2D eigenvalue weighted by atomic mass is 10.0. The molecule has 0 aliphatic carbocycles. The van der Waals surface area contributed by atoms with E-state index in [-0.39, 0.29) is 25.0 Å². The Kier molecular flexibility index (Phi) is 3.62. The van der Waals surface area contributed by atoms with E-state index in [1.54, 1.807) is 4.90 Å². The molecule has 1 aromatic heterocycles. The third-order valence-corrected chi connectivity index (χ3v) is 3.71. The number of fused-ring (bicyclic) bond motifs is 1. The monoisotopic (exact) mass is 287 g/mol. The summed E-state index contributed by atoms with van der Waals surface area (Å²) in [6.45, 7) is 0.603. The highest BCUT2D eigenvalue weighted by Gasteiger charge is 2.26. The fourth-order valence-electron chi connectivity index (χ4n) is 2.89. The van der Waals surface area contributed by atoms with E-state index in [4.69, 9.17) is 5.11 Å². The van der Waals surface area contributed by atoms with Crippen LogP contribution in [0.25, 0.3) is 10.9 Å². The van der Waals surface area contributed by atoms with Gasteiger partial charge in [0.2, 0.25) is 5.91 Å². The molecule has 1 aliphatic heterocycles. The van der Waals surface area contributed by atoms with Crippen molar-refractivity contribution in [1.82, 2.24) is 15.2 Å². The van der Waals surface area contributed by atoms with Gasteiger partial charge in [0, 0.05) is 29.7 Å². The van der Waals surface area contributed by atoms with Crippen molar-refractivity contribution < 1.29 is 14.7 Å². The van der Waals surface area contributed by atoms with Crippen LogP contribution in [0.3, 0.4) is 0 Å². The Morgan fingerprint density at radius 2 is 2.19 bits per heavy atom. The summed E-state index contributed by atoms with van der Waals surface area (Å²) >= 11 is 0. The number of aromatic nitrogens is 1. The van der Waals surface area contributed by atoms with Crippen molar-refractivity contribution >= 4 is 22.8 Å². The molecule has 1 amide bonds. The van der Waals surface area contributed by atoms with Gasteiger partial charge in [-0.2, -0.15) is 0 Å². The minimum atomic E-state index is -0.907. The van der Waals surface area contributed by atoms with Crippen molar-refractivity contribution in [3.05, 3.63) is 36.0 Å². The lowest BCUT2D eigenvalue weighted by molar-refractivity contribution is -0.139. The van der Waals surface area contributed by atoms with Crippen LogP contribution >= 0.6 is 0 Å². The first-order valence-corrected chi connectivity index (χ1v) is 6.90. The molecule has 0 radical (unpaired) electrons. The van der Waals surface area contributed by atoms with Gasteiger partial charge in [-0.25, -0.2) is 0 Å². The average molecular weight is 287 g/mol. The number of nitrogens with zero attached hydrogens (tertiary/aromatic N) is 1. The first-order chi connectivity index (χ1) is 10.1. The smallest absolute Gasteiger partial charge is 0.317 e. The van der Waals surface area contributed by atoms with Gasteiger partial charge in [0.15, 0.2) is 0 Å². The van der Waals surface area contributed by atoms with E-state index in [1.807, 2.05) is 30.5 Å². The highest BCUT2D eigenvalue weighted by molar-refractivity contribution is 5.83. The summed E-state index contributed by atoms with van der Waals surface area (Å²) in [6, 6.07) is 7.94. The topological polar surface area (TPSA) is 85.4 Å². The number of carbonyl (C=O) groups is 2. The Labute approximate surface area is 121 Å². The van der Waals surface area contributed by atoms with Crippen molar-refractivity contribution in [2.75, 3.05) is 19.6 Å². The highest BCUT2D eigenvalue weighted by Crippen LogP contribution is 2.19. The number of nitrogens with one attached hydrogen (secondary N) is 2. The van der Waals surface area contributed by atoms with Gasteiger partial charge in [0.1, 0.15) is 0 Å². The van der Waals surface area contributed by atoms with E-state index >= 15 is 0 Å². The first-order valence-electron chi connectivity index (χ1n) is 6.90. The number of carbonyl (C=O) groups excluding carboxylic acids is 1. The SMILES string of the molecule is O=C(O)CN1CC(=O)N[C@@H](Cc2c[nH]c3ccccc23)C1. The number of aliphatic carboxylic acids is 1. The van der Waals surface area contributed by atoms with Crippen molar-refractivity contribution in [3.63, 3.8) is 0 Å². The molecule has 1 aliphatic rings. The predicted molar refractivity (Wildman–Crippen MR) is 78.0 cm³/mol. The van der Waals surface area contributed by atoms with Crippen molar-refractivity contribution in [1.29, 1.82) is 0 Å². The molecular formula is C15H17N3O3. The van der Waals surface area contributed by atoms with Crippen LogP contribution in [0.1, 0.15) is 5.56 Å². The fraction of sp³-hybridized carbons (Fsp3) is 0.333. The Morgan fingerprint density at radius 3 is 3.00 bits per heavy atom. The Bertz CT molecular complexity index is 678. The molecule has 1 fully saturated rings. The van der Waals surface area contributed by atoms with Gasteiger partial charge in [-0.05, 0) is 18.1 Å². The number of carboxylic acids is 1. The number of rotatable bonds is 4. The summed E-state index contributed by atoms with van der Waals surface area (Å²) in [5.41, 5.74) is 2.20. The fourth-order valence-corrected chi connectivity index (χ4v) is 2.89. The molecule has 3 rings (SSSR count). The Morgan fingerprint density at radius 1 is 1.38 bits per heavy atom. The molecule has 6 heteroatoms. The van der Waals surface area contributed by atoms with E-state index in [1.165, 1.54) is 0 Å². The van der Waals surface area contributed by atoms with Gasteiger partial charge < -0.3 is 15.4 Å². The van der Waals surface area contributed by atoms with Gasteiger partial charge in [-0.3, -0.25) is 14.5 Å². The predicted octanol–water partition coefficient (Wildman–Crippen LogP) is 0.595. The number of carboxylic acid groups (broad SMARTS) is 1. The molecule has 21 heavy (non-hydrogen) atoms. The molecule has 0 unspecified atom stereocenters. The number of hydrogen-bond acceptors (Lipinski definition) is 3. The van der Waals surface area contributed by atoms with Gasteiger partial charge in [-0.15, -0.1) is 0 Å². The number of piperazine rings is 1. The van der Waals surface area contributed by atoms with Gasteiger partial charge in [0.05, 0.1) is 13.1 Å². The molecule has 6 nitrogen and oxygen atoms in total. The van der Waals surface area contributed by atoms with Crippen LogP contribution in [0, 0.1) is 0 Å². The molecule has 3 N–H and O–H groups in total. The summed E-state index contributed by atoms with van der Waals surface area (Å²) in [7, 11) is 0. The Balaban J connectivity index is 1.74. The molecule has 1 atom stereocenters. The number of H-pyrrole nitrogens is 1. The maximum Gasteiger partial charge on any atom is 0.317 e. The van der Waals surface area contributed by atoms with Crippen LogP contribution in [0.4, 0.5) is 0 Å². The minimum absolute atomic E-state index is 0.0650. The lowest BCUT2D eigenvalue weighted by Crippen LogP contribution is -2.55. The van der Waals surface area contributed by atoms with Crippen LogP contribution in [0.2, 0.25) is 0 Å². The van der Waals surface area contributed by atoms with E-state index in [0.717, 1.165) is 16.5 Å². The summed E-state index contributed by atoms with van der Waals surface area (Å²) in [4.78, 5) is 27.4. The number of para-hydroxylation sites is 1. The standard InChI is InChI=1S/C15H17N3O3/c19-14-8-18(9-15(20)21)7-11(17-14)5-10-6-16-13-4-2-1-3-12(10)13/h1-4,6,11,16H,5,7-9H2,(H,17,19)(H,20,21)/t11-/m0/s1. The quantitative estimate of drug-likeness (QED) is 0.768. The second-order valence-electron chi connectivity index (χ2n) is 5.39. The first kappa shape index (κ1) is 13.6. The molecule has 0 saturated carbocycles. The van der Waals surface area contributed by atoms with E-state index in [0.29, 0.717) is 13.0 Å². The largest absolute Gasteiger partial charge is 0.480 e. The highest BCUT2D eigenvalue weighted by atomic mass is 16.4. The third kappa shape index (κ3) is 3.05. The second-order valence-corrected chi connectivity index (χ2v) is 5.39. The van der Waals surface area contributed by atoms with Crippen LogP contribution in [0.5, 0.6) is 0 Å². The molecule has 0 bridgehead atoms. The summed E-state index contributed by atoms with van der Waals surface area (Å²) < 4.78 is 0. The van der Waals surface area contributed by atoms with Crippen molar-refractivity contribution in [2.24, 2.45) is 0 Å². The third-order valence-electron chi connectivity index (χ3n) is 3.71. The van der Waals surface area contributed by atoms with Crippen LogP contribution in [-0.4, -0.2) is 52.5 Å². The summed E-state index contributed by atoms with van der Waals surface area (Å²) in [5.74, 6) is -1.03. The van der Waals surface area contributed by atoms with Crippen LogP contribution in [0.15, 0.2) is 30.5 Å². The molecule has 110 valence electrons. The number of benzene rings is 1. The number of aromatic amines is 1. The normalized spacial score (nSPS) is 19.6. The van der Waals surface area contributed by atoms with Gasteiger partial charge in [-0.1, -0.05) is 18.2 Å². The zero-order valence-corrected chi connectivity index (χ0v) is 11.5. The average Bonchev–Trinajstić information content (AvgIpc) is 2.81. The maximum absolute atomic E-state index is 11.7. The van der Waals surface area contributed by atoms with Gasteiger partial charge in [0.25, 0.3) is 0 Å².